The van der Waals surface area contributed by atoms with Crippen molar-refractivity contribution < 1.29 is 8.42 Å². The Morgan fingerprint density at radius 1 is 1.30 bits per heavy atom. The first-order valence-electron chi connectivity index (χ1n) is 6.38. The van der Waals surface area contributed by atoms with Gasteiger partial charge in [-0.1, -0.05) is 18.2 Å². The second-order valence-electron chi connectivity index (χ2n) is 4.91. The van der Waals surface area contributed by atoms with E-state index in [1.54, 1.807) is 0 Å². The number of sulfone groups is 1. The van der Waals surface area contributed by atoms with Crippen LogP contribution in [-0.4, -0.2) is 39.0 Å². The van der Waals surface area contributed by atoms with E-state index in [0.29, 0.717) is 13.1 Å². The van der Waals surface area contributed by atoms with Crippen molar-refractivity contribution in [3.05, 3.63) is 35.9 Å². The number of para-hydroxylation sites is 1. The molecule has 2 N–H and O–H groups in total. The molecule has 6 heteroatoms. The van der Waals surface area contributed by atoms with Crippen LogP contribution >= 0.6 is 0 Å². The van der Waals surface area contributed by atoms with Crippen LogP contribution in [0.25, 0.3) is 10.9 Å². The van der Waals surface area contributed by atoms with Crippen molar-refractivity contribution in [3.63, 3.8) is 0 Å². The number of pyridine rings is 1. The summed E-state index contributed by atoms with van der Waals surface area (Å²) in [5, 5.41) is 1.04. The molecule has 0 saturated heterocycles. The van der Waals surface area contributed by atoms with Crippen LogP contribution in [0, 0.1) is 0 Å². The summed E-state index contributed by atoms with van der Waals surface area (Å²) in [4.78, 5) is 6.40. The quantitative estimate of drug-likeness (QED) is 0.895. The van der Waals surface area contributed by atoms with Gasteiger partial charge in [-0.25, -0.2) is 13.4 Å². The molecule has 2 aromatic rings. The van der Waals surface area contributed by atoms with E-state index in [0.717, 1.165) is 22.3 Å². The summed E-state index contributed by atoms with van der Waals surface area (Å²) in [5.74, 6) is 0.850. The zero-order valence-corrected chi connectivity index (χ0v) is 12.5. The van der Waals surface area contributed by atoms with E-state index >= 15 is 0 Å². The number of benzene rings is 1. The fourth-order valence-corrected chi connectivity index (χ4v) is 2.62. The standard InChI is InChI=1S/C14H19N3O2S/c1-17(7-8-20(2,18)19)14-9-11(10-15)12-5-3-4-6-13(12)16-14/h3-6,9H,7-8,10,15H2,1-2H3. The number of rotatable bonds is 5. The smallest absolute Gasteiger partial charge is 0.149 e. The first-order valence-corrected chi connectivity index (χ1v) is 8.44. The molecule has 0 aliphatic rings. The summed E-state index contributed by atoms with van der Waals surface area (Å²) in [6, 6.07) is 9.73. The number of fused-ring (bicyclic) bond motifs is 1. The van der Waals surface area contributed by atoms with Crippen LogP contribution in [0.5, 0.6) is 0 Å². The van der Waals surface area contributed by atoms with E-state index in [9.17, 15) is 8.42 Å². The van der Waals surface area contributed by atoms with Gasteiger partial charge in [0.15, 0.2) is 0 Å². The molecule has 1 aromatic heterocycles. The molecule has 0 bridgehead atoms. The molecule has 0 saturated carbocycles. The summed E-state index contributed by atoms with van der Waals surface area (Å²) >= 11 is 0. The second-order valence-corrected chi connectivity index (χ2v) is 7.17. The first kappa shape index (κ1) is 14.7. The molecule has 0 radical (unpaired) electrons. The molecule has 1 aromatic carbocycles. The third kappa shape index (κ3) is 3.46. The van der Waals surface area contributed by atoms with Gasteiger partial charge in [-0.05, 0) is 17.7 Å². The molecule has 0 unspecified atom stereocenters. The molecule has 20 heavy (non-hydrogen) atoms. The van der Waals surface area contributed by atoms with Crippen LogP contribution in [-0.2, 0) is 16.4 Å². The van der Waals surface area contributed by atoms with E-state index in [4.69, 9.17) is 5.73 Å². The van der Waals surface area contributed by atoms with Gasteiger partial charge in [-0.2, -0.15) is 0 Å². The molecule has 1 heterocycles. The Morgan fingerprint density at radius 2 is 2.00 bits per heavy atom. The summed E-state index contributed by atoms with van der Waals surface area (Å²) in [6.07, 6.45) is 1.24. The number of anilines is 1. The minimum Gasteiger partial charge on any atom is -0.359 e. The maximum atomic E-state index is 11.2. The van der Waals surface area contributed by atoms with Gasteiger partial charge >= 0.3 is 0 Å². The Bertz CT molecular complexity index is 713. The zero-order chi connectivity index (χ0) is 14.8. The van der Waals surface area contributed by atoms with Gasteiger partial charge in [0.1, 0.15) is 15.7 Å². The van der Waals surface area contributed by atoms with Gasteiger partial charge < -0.3 is 10.6 Å². The maximum absolute atomic E-state index is 11.2. The summed E-state index contributed by atoms with van der Waals surface area (Å²) in [5.41, 5.74) is 7.67. The van der Waals surface area contributed by atoms with Crippen molar-refractivity contribution in [2.24, 2.45) is 5.73 Å². The Labute approximate surface area is 119 Å². The average molecular weight is 293 g/mol. The average Bonchev–Trinajstić information content (AvgIpc) is 2.42. The SMILES string of the molecule is CN(CCS(C)(=O)=O)c1cc(CN)c2ccccc2n1. The van der Waals surface area contributed by atoms with Crippen molar-refractivity contribution in [2.45, 2.75) is 6.54 Å². The van der Waals surface area contributed by atoms with Crippen LogP contribution in [0.1, 0.15) is 5.56 Å². The number of nitrogens with two attached hydrogens (primary N) is 1. The van der Waals surface area contributed by atoms with E-state index in [1.165, 1.54) is 6.26 Å². The van der Waals surface area contributed by atoms with E-state index in [-0.39, 0.29) is 5.75 Å². The second kappa shape index (κ2) is 5.76. The molecule has 2 rings (SSSR count). The van der Waals surface area contributed by atoms with Crippen molar-refractivity contribution in [2.75, 3.05) is 30.5 Å². The molecular weight excluding hydrogens is 274 g/mol. The largest absolute Gasteiger partial charge is 0.359 e. The fraction of sp³-hybridized carbons (Fsp3) is 0.357. The number of hydrogen-bond acceptors (Lipinski definition) is 5. The third-order valence-electron chi connectivity index (χ3n) is 3.20. The molecule has 0 aliphatic heterocycles. The lowest BCUT2D eigenvalue weighted by Gasteiger charge is -2.19. The minimum atomic E-state index is -2.98. The minimum absolute atomic E-state index is 0.107. The summed E-state index contributed by atoms with van der Waals surface area (Å²) < 4.78 is 22.5. The number of hydrogen-bond donors (Lipinski definition) is 1. The predicted octanol–water partition coefficient (Wildman–Crippen LogP) is 1.17. The van der Waals surface area contributed by atoms with Gasteiger partial charge in [-0.15, -0.1) is 0 Å². The van der Waals surface area contributed by atoms with Gasteiger partial charge in [-0.3, -0.25) is 0 Å². The van der Waals surface area contributed by atoms with Crippen LogP contribution in [0.2, 0.25) is 0 Å². The topological polar surface area (TPSA) is 76.3 Å². The van der Waals surface area contributed by atoms with Crippen LogP contribution in [0.3, 0.4) is 0 Å². The summed E-state index contributed by atoms with van der Waals surface area (Å²) in [7, 11) is -1.14. The lowest BCUT2D eigenvalue weighted by molar-refractivity contribution is 0.601. The molecule has 5 nitrogen and oxygen atoms in total. The van der Waals surface area contributed by atoms with E-state index < -0.39 is 9.84 Å². The van der Waals surface area contributed by atoms with Crippen molar-refractivity contribution in [1.82, 2.24) is 4.98 Å². The zero-order valence-electron chi connectivity index (χ0n) is 11.7. The van der Waals surface area contributed by atoms with E-state index in [1.807, 2.05) is 42.3 Å². The molecule has 0 atom stereocenters. The molecular formula is C14H19N3O2S. The predicted molar refractivity (Wildman–Crippen MR) is 82.6 cm³/mol. The van der Waals surface area contributed by atoms with Crippen molar-refractivity contribution in [3.8, 4) is 0 Å². The lowest BCUT2D eigenvalue weighted by Crippen LogP contribution is -2.25. The number of aromatic nitrogens is 1. The van der Waals surface area contributed by atoms with Crippen LogP contribution < -0.4 is 10.6 Å². The normalized spacial score (nSPS) is 11.8. The first-order chi connectivity index (χ1) is 9.40. The van der Waals surface area contributed by atoms with Crippen LogP contribution in [0.15, 0.2) is 30.3 Å². The third-order valence-corrected chi connectivity index (χ3v) is 4.12. The lowest BCUT2D eigenvalue weighted by atomic mass is 10.1. The van der Waals surface area contributed by atoms with Gasteiger partial charge in [0, 0.05) is 31.8 Å². The highest BCUT2D eigenvalue weighted by Crippen LogP contribution is 2.22. The molecule has 0 aliphatic carbocycles. The highest BCUT2D eigenvalue weighted by atomic mass is 32.2. The molecule has 0 amide bonds. The highest BCUT2D eigenvalue weighted by molar-refractivity contribution is 7.90. The van der Waals surface area contributed by atoms with E-state index in [2.05, 4.69) is 4.98 Å². The Balaban J connectivity index is 2.34. The Morgan fingerprint density at radius 3 is 2.65 bits per heavy atom. The monoisotopic (exact) mass is 293 g/mol. The fourth-order valence-electron chi connectivity index (χ4n) is 2.01. The van der Waals surface area contributed by atoms with Gasteiger partial charge in [0.25, 0.3) is 0 Å². The van der Waals surface area contributed by atoms with Crippen molar-refractivity contribution in [1.29, 1.82) is 0 Å². The maximum Gasteiger partial charge on any atom is 0.149 e. The van der Waals surface area contributed by atoms with Gasteiger partial charge in [0.2, 0.25) is 0 Å². The molecule has 0 spiro atoms. The molecule has 108 valence electrons. The number of nitrogens with zero attached hydrogens (tertiary/aromatic N) is 2. The molecule has 0 fully saturated rings. The Kier molecular flexibility index (Phi) is 4.25. The summed E-state index contributed by atoms with van der Waals surface area (Å²) in [6.45, 7) is 0.837. The van der Waals surface area contributed by atoms with Crippen LogP contribution in [0.4, 0.5) is 5.82 Å². The van der Waals surface area contributed by atoms with Crippen molar-refractivity contribution >= 4 is 26.6 Å². The van der Waals surface area contributed by atoms with Gasteiger partial charge in [0.05, 0.1) is 11.3 Å². The highest BCUT2D eigenvalue weighted by Gasteiger charge is 2.10. The Hall–Kier alpha value is -1.66.